The molecule has 1 aromatic heterocycles. The fraction of sp³-hybridized carbons (Fsp3) is 0.0556. The molecule has 2 N–H and O–H groups in total. The Balaban J connectivity index is 2.04. The summed E-state index contributed by atoms with van der Waals surface area (Å²) in [6.07, 6.45) is 0. The number of nitrogens with zero attached hydrogens (tertiary/aromatic N) is 2. The van der Waals surface area contributed by atoms with Crippen molar-refractivity contribution < 1.29 is 4.74 Å². The number of rotatable bonds is 4. The lowest BCUT2D eigenvalue weighted by Crippen LogP contribution is -2.05. The van der Waals surface area contributed by atoms with Crippen LogP contribution in [0.2, 0.25) is 10.0 Å². The molecular formula is C18H13Cl2N3O. The lowest BCUT2D eigenvalue weighted by molar-refractivity contribution is 0.437. The Labute approximate surface area is 149 Å². The van der Waals surface area contributed by atoms with Crippen molar-refractivity contribution in [1.29, 1.82) is 5.26 Å². The molecule has 3 rings (SSSR count). The van der Waals surface area contributed by atoms with Crippen LogP contribution >= 0.6 is 23.2 Å². The van der Waals surface area contributed by atoms with Crippen LogP contribution in [-0.2, 0) is 6.54 Å². The molecule has 0 atom stereocenters. The number of aromatic nitrogens is 1. The van der Waals surface area contributed by atoms with Crippen molar-refractivity contribution in [3.05, 3.63) is 75.9 Å². The first-order chi connectivity index (χ1) is 11.6. The number of ether oxygens (including phenoxy) is 1. The second kappa shape index (κ2) is 6.88. The molecule has 6 heteroatoms. The summed E-state index contributed by atoms with van der Waals surface area (Å²) in [6, 6.07) is 18.2. The minimum Gasteiger partial charge on any atom is -0.437 e. The molecule has 1 heterocycles. The molecule has 2 aromatic carbocycles. The fourth-order valence-electron chi connectivity index (χ4n) is 2.34. The molecule has 4 nitrogen and oxygen atoms in total. The van der Waals surface area contributed by atoms with Gasteiger partial charge in [-0.2, -0.15) is 5.26 Å². The molecule has 0 spiro atoms. The summed E-state index contributed by atoms with van der Waals surface area (Å²) in [5, 5.41) is 10.5. The predicted molar refractivity (Wildman–Crippen MR) is 95.6 cm³/mol. The predicted octanol–water partition coefficient (Wildman–Crippen LogP) is 5.09. The number of nitriles is 1. The Bertz CT molecular complexity index is 928. The molecular weight excluding hydrogens is 345 g/mol. The summed E-state index contributed by atoms with van der Waals surface area (Å²) >= 11 is 12.4. The van der Waals surface area contributed by atoms with Gasteiger partial charge in [0.2, 0.25) is 5.88 Å². The summed E-state index contributed by atoms with van der Waals surface area (Å²) in [7, 11) is 0. The van der Waals surface area contributed by atoms with Crippen molar-refractivity contribution in [3.8, 4) is 17.7 Å². The van der Waals surface area contributed by atoms with Crippen LogP contribution in [0.3, 0.4) is 0 Å². The minimum absolute atomic E-state index is 0.360. The Morgan fingerprint density at radius 2 is 1.71 bits per heavy atom. The van der Waals surface area contributed by atoms with E-state index < -0.39 is 0 Å². The summed E-state index contributed by atoms with van der Waals surface area (Å²) in [4.78, 5) is 0. The first kappa shape index (κ1) is 16.3. The fourth-order valence-corrected chi connectivity index (χ4v) is 2.71. The van der Waals surface area contributed by atoms with Crippen LogP contribution in [-0.4, -0.2) is 4.57 Å². The van der Waals surface area contributed by atoms with Crippen molar-refractivity contribution in [2.75, 3.05) is 5.73 Å². The highest BCUT2D eigenvalue weighted by molar-refractivity contribution is 6.32. The third kappa shape index (κ3) is 3.18. The third-order valence-corrected chi connectivity index (χ3v) is 4.20. The zero-order valence-corrected chi connectivity index (χ0v) is 14.1. The normalized spacial score (nSPS) is 10.4. The van der Waals surface area contributed by atoms with Gasteiger partial charge in [0.15, 0.2) is 0 Å². The van der Waals surface area contributed by atoms with Crippen LogP contribution in [0, 0.1) is 11.3 Å². The highest BCUT2D eigenvalue weighted by Gasteiger charge is 2.17. The number of nitrogens with two attached hydrogens (primary N) is 1. The Morgan fingerprint density at radius 3 is 2.38 bits per heavy atom. The van der Waals surface area contributed by atoms with E-state index >= 15 is 0 Å². The topological polar surface area (TPSA) is 64.0 Å². The molecule has 0 aliphatic rings. The first-order valence-corrected chi connectivity index (χ1v) is 7.90. The van der Waals surface area contributed by atoms with Gasteiger partial charge in [0, 0.05) is 11.1 Å². The number of nitrogen functional groups attached to an aromatic ring is 1. The van der Waals surface area contributed by atoms with Crippen LogP contribution in [0.4, 0.5) is 5.69 Å². The Hall–Kier alpha value is -2.61. The SMILES string of the molecule is N#Cc1cc(N)c(Oc2ccccc2Cl)n1Cc1ccccc1Cl. The number of anilines is 1. The monoisotopic (exact) mass is 357 g/mol. The van der Waals surface area contributed by atoms with E-state index in [9.17, 15) is 5.26 Å². The summed E-state index contributed by atoms with van der Waals surface area (Å²) in [5.74, 6) is 0.827. The molecule has 0 radical (unpaired) electrons. The van der Waals surface area contributed by atoms with E-state index in [-0.39, 0.29) is 0 Å². The summed E-state index contributed by atoms with van der Waals surface area (Å²) in [5.41, 5.74) is 7.63. The van der Waals surface area contributed by atoms with Crippen LogP contribution in [0.1, 0.15) is 11.3 Å². The van der Waals surface area contributed by atoms with E-state index in [1.54, 1.807) is 28.8 Å². The van der Waals surface area contributed by atoms with Crippen LogP contribution in [0.25, 0.3) is 0 Å². The van der Waals surface area contributed by atoms with Crippen molar-refractivity contribution in [2.24, 2.45) is 0 Å². The van der Waals surface area contributed by atoms with E-state index in [0.29, 0.717) is 39.6 Å². The molecule has 120 valence electrons. The maximum absolute atomic E-state index is 9.38. The van der Waals surface area contributed by atoms with Crippen LogP contribution < -0.4 is 10.5 Å². The van der Waals surface area contributed by atoms with Crippen molar-refractivity contribution >= 4 is 28.9 Å². The van der Waals surface area contributed by atoms with Gasteiger partial charge >= 0.3 is 0 Å². The van der Waals surface area contributed by atoms with E-state index in [2.05, 4.69) is 6.07 Å². The van der Waals surface area contributed by atoms with E-state index in [4.69, 9.17) is 33.7 Å². The molecule has 0 amide bonds. The molecule has 3 aromatic rings. The molecule has 0 fully saturated rings. The lowest BCUT2D eigenvalue weighted by atomic mass is 10.2. The number of hydrogen-bond donors (Lipinski definition) is 1. The molecule has 0 bridgehead atoms. The summed E-state index contributed by atoms with van der Waals surface area (Å²) in [6.45, 7) is 0.361. The minimum atomic E-state index is 0.360. The van der Waals surface area contributed by atoms with Crippen molar-refractivity contribution in [3.63, 3.8) is 0 Å². The smallest absolute Gasteiger partial charge is 0.224 e. The van der Waals surface area contributed by atoms with Crippen molar-refractivity contribution in [2.45, 2.75) is 6.54 Å². The number of hydrogen-bond acceptors (Lipinski definition) is 3. The van der Waals surface area contributed by atoms with Gasteiger partial charge < -0.3 is 10.5 Å². The third-order valence-electron chi connectivity index (χ3n) is 3.52. The second-order valence-electron chi connectivity index (χ2n) is 5.11. The van der Waals surface area contributed by atoms with Gasteiger partial charge in [-0.1, -0.05) is 53.5 Å². The molecule has 0 aliphatic carbocycles. The maximum atomic E-state index is 9.38. The lowest BCUT2D eigenvalue weighted by Gasteiger charge is -2.14. The van der Waals surface area contributed by atoms with Crippen LogP contribution in [0.15, 0.2) is 54.6 Å². The highest BCUT2D eigenvalue weighted by atomic mass is 35.5. The molecule has 24 heavy (non-hydrogen) atoms. The molecule has 0 unspecified atom stereocenters. The van der Waals surface area contributed by atoms with E-state index in [1.165, 1.54) is 0 Å². The summed E-state index contributed by atoms with van der Waals surface area (Å²) < 4.78 is 7.56. The Kier molecular flexibility index (Phi) is 4.66. The highest BCUT2D eigenvalue weighted by Crippen LogP contribution is 2.35. The maximum Gasteiger partial charge on any atom is 0.224 e. The molecule has 0 saturated carbocycles. The zero-order chi connectivity index (χ0) is 17.1. The number of benzene rings is 2. The Morgan fingerprint density at radius 1 is 1.04 bits per heavy atom. The van der Waals surface area contributed by atoms with Gasteiger partial charge in [0.25, 0.3) is 0 Å². The van der Waals surface area contributed by atoms with Crippen LogP contribution in [0.5, 0.6) is 11.6 Å². The van der Waals surface area contributed by atoms with E-state index in [0.717, 1.165) is 5.56 Å². The van der Waals surface area contributed by atoms with Crippen molar-refractivity contribution in [1.82, 2.24) is 4.57 Å². The number of para-hydroxylation sites is 1. The average molecular weight is 358 g/mol. The molecule has 0 saturated heterocycles. The largest absolute Gasteiger partial charge is 0.437 e. The van der Waals surface area contributed by atoms with Gasteiger partial charge in [-0.15, -0.1) is 0 Å². The zero-order valence-electron chi connectivity index (χ0n) is 12.5. The number of halogens is 2. The quantitative estimate of drug-likeness (QED) is 0.707. The van der Waals surface area contributed by atoms with Gasteiger partial charge in [0.1, 0.15) is 17.5 Å². The first-order valence-electron chi connectivity index (χ1n) is 7.15. The average Bonchev–Trinajstić information content (AvgIpc) is 2.87. The van der Waals surface area contributed by atoms with Gasteiger partial charge in [0.05, 0.1) is 17.3 Å². The van der Waals surface area contributed by atoms with Gasteiger partial charge in [-0.3, -0.25) is 4.57 Å². The second-order valence-corrected chi connectivity index (χ2v) is 5.93. The molecule has 0 aliphatic heterocycles. The van der Waals surface area contributed by atoms with E-state index in [1.807, 2.05) is 30.3 Å². The van der Waals surface area contributed by atoms with Gasteiger partial charge in [-0.05, 0) is 23.8 Å². The van der Waals surface area contributed by atoms with Gasteiger partial charge in [-0.25, -0.2) is 0 Å². The standard InChI is InChI=1S/C18H13Cl2N3O/c19-14-6-2-1-5-12(14)11-23-13(10-21)9-16(22)18(23)24-17-8-4-3-7-15(17)20/h1-9H,11,22H2.